The molecule has 160 valence electrons. The summed E-state index contributed by atoms with van der Waals surface area (Å²) in [7, 11) is 0. The summed E-state index contributed by atoms with van der Waals surface area (Å²) in [6.07, 6.45) is 1.64. The van der Waals surface area contributed by atoms with Crippen molar-refractivity contribution in [3.05, 3.63) is 105 Å². The van der Waals surface area contributed by atoms with Gasteiger partial charge in [-0.1, -0.05) is 59.6 Å². The number of thioether (sulfide) groups is 1. The highest BCUT2D eigenvalue weighted by atomic mass is 35.5. The topological polar surface area (TPSA) is 63.7 Å². The number of esters is 1. The number of amides is 2. The van der Waals surface area contributed by atoms with Gasteiger partial charge in [-0.3, -0.25) is 14.5 Å². The number of halogens is 1. The summed E-state index contributed by atoms with van der Waals surface area (Å²) >= 11 is 7.04. The van der Waals surface area contributed by atoms with E-state index in [-0.39, 0.29) is 17.7 Å². The van der Waals surface area contributed by atoms with Crippen LogP contribution in [0.5, 0.6) is 5.75 Å². The lowest BCUT2D eigenvalue weighted by Crippen LogP contribution is -2.27. The number of hydrogen-bond acceptors (Lipinski definition) is 5. The summed E-state index contributed by atoms with van der Waals surface area (Å²) in [5.74, 6) is -0.419. The summed E-state index contributed by atoms with van der Waals surface area (Å²) in [5.41, 5.74) is 2.86. The first kappa shape index (κ1) is 21.9. The Kier molecular flexibility index (Phi) is 6.44. The molecule has 32 heavy (non-hydrogen) atoms. The second-order valence-electron chi connectivity index (χ2n) is 7.19. The normalized spacial score (nSPS) is 14.8. The van der Waals surface area contributed by atoms with Crippen molar-refractivity contribution >= 4 is 46.6 Å². The molecule has 0 unspecified atom stereocenters. The van der Waals surface area contributed by atoms with Crippen LogP contribution < -0.4 is 4.74 Å². The van der Waals surface area contributed by atoms with Gasteiger partial charge in [0.1, 0.15) is 5.75 Å². The fourth-order valence-electron chi connectivity index (χ4n) is 3.15. The fraction of sp³-hybridized carbons (Fsp3) is 0.0800. The number of ether oxygens (including phenoxy) is 1. The molecule has 1 aliphatic rings. The molecule has 7 heteroatoms. The zero-order valence-corrected chi connectivity index (χ0v) is 18.7. The molecule has 0 aliphatic carbocycles. The summed E-state index contributed by atoms with van der Waals surface area (Å²) in [6, 6.07) is 21.0. The zero-order chi connectivity index (χ0) is 22.7. The van der Waals surface area contributed by atoms with Crippen LogP contribution in [0.15, 0.2) is 77.7 Å². The molecule has 4 rings (SSSR count). The average molecular weight is 464 g/mol. The van der Waals surface area contributed by atoms with E-state index in [0.717, 1.165) is 17.3 Å². The van der Waals surface area contributed by atoms with Crippen molar-refractivity contribution in [2.24, 2.45) is 0 Å². The SMILES string of the molecule is Cc1cccc(C(=O)Oc2ccc(/C=C3\SC(=O)N(Cc4ccccc4Cl)C3=O)cc2)c1. The van der Waals surface area contributed by atoms with Crippen LogP contribution in [0, 0.1) is 6.92 Å². The number of aryl methyl sites for hydroxylation is 1. The highest BCUT2D eigenvalue weighted by Gasteiger charge is 2.35. The Morgan fingerprint density at radius 2 is 1.78 bits per heavy atom. The van der Waals surface area contributed by atoms with Gasteiger partial charge in [-0.25, -0.2) is 4.79 Å². The molecule has 3 aromatic carbocycles. The van der Waals surface area contributed by atoms with Crippen molar-refractivity contribution in [3.63, 3.8) is 0 Å². The van der Waals surface area contributed by atoms with E-state index in [0.29, 0.717) is 32.4 Å². The van der Waals surface area contributed by atoms with E-state index in [9.17, 15) is 14.4 Å². The smallest absolute Gasteiger partial charge is 0.343 e. The van der Waals surface area contributed by atoms with Gasteiger partial charge in [-0.2, -0.15) is 0 Å². The van der Waals surface area contributed by atoms with Crippen LogP contribution in [0.2, 0.25) is 5.02 Å². The minimum absolute atomic E-state index is 0.121. The number of carbonyl (C=O) groups is 3. The van der Waals surface area contributed by atoms with E-state index < -0.39 is 5.97 Å². The number of rotatable bonds is 5. The van der Waals surface area contributed by atoms with E-state index >= 15 is 0 Å². The van der Waals surface area contributed by atoms with Gasteiger partial charge in [0.2, 0.25) is 0 Å². The number of benzene rings is 3. The largest absolute Gasteiger partial charge is 0.423 e. The summed E-state index contributed by atoms with van der Waals surface area (Å²) in [4.78, 5) is 38.9. The Labute approximate surface area is 194 Å². The van der Waals surface area contributed by atoms with Crippen LogP contribution in [0.4, 0.5) is 4.79 Å². The van der Waals surface area contributed by atoms with Gasteiger partial charge in [-0.05, 0) is 66.2 Å². The first-order valence-electron chi connectivity index (χ1n) is 9.78. The third kappa shape index (κ3) is 4.93. The molecule has 0 bridgehead atoms. The van der Waals surface area contributed by atoms with E-state index in [1.54, 1.807) is 66.7 Å². The first-order valence-corrected chi connectivity index (χ1v) is 11.0. The standard InChI is InChI=1S/C25H18ClNO4S/c1-16-5-4-7-18(13-16)24(29)31-20-11-9-17(10-12-20)14-22-23(28)27(25(30)32-22)15-19-6-2-3-8-21(19)26/h2-14H,15H2,1H3/b22-14-. The van der Waals surface area contributed by atoms with E-state index in [4.69, 9.17) is 16.3 Å². The summed E-state index contributed by atoms with van der Waals surface area (Å²) < 4.78 is 5.41. The van der Waals surface area contributed by atoms with Gasteiger partial charge < -0.3 is 4.74 Å². The lowest BCUT2D eigenvalue weighted by atomic mass is 10.1. The highest BCUT2D eigenvalue weighted by Crippen LogP contribution is 2.34. The molecule has 0 saturated carbocycles. The Morgan fingerprint density at radius 3 is 2.50 bits per heavy atom. The Hall–Kier alpha value is -3.35. The van der Waals surface area contributed by atoms with Gasteiger partial charge in [0.05, 0.1) is 17.0 Å². The van der Waals surface area contributed by atoms with Crippen LogP contribution >= 0.6 is 23.4 Å². The third-order valence-corrected chi connectivity index (χ3v) is 6.08. The molecule has 1 fully saturated rings. The molecule has 5 nitrogen and oxygen atoms in total. The minimum atomic E-state index is -0.442. The van der Waals surface area contributed by atoms with Crippen molar-refractivity contribution in [1.82, 2.24) is 4.90 Å². The molecule has 0 atom stereocenters. The van der Waals surface area contributed by atoms with Crippen LogP contribution in [-0.4, -0.2) is 22.0 Å². The molecule has 0 spiro atoms. The van der Waals surface area contributed by atoms with Crippen molar-refractivity contribution in [2.75, 3.05) is 0 Å². The van der Waals surface area contributed by atoms with E-state index in [1.807, 2.05) is 19.1 Å². The average Bonchev–Trinajstić information content (AvgIpc) is 3.04. The molecule has 1 heterocycles. The molecular formula is C25H18ClNO4S. The predicted octanol–water partition coefficient (Wildman–Crippen LogP) is 6.10. The quantitative estimate of drug-likeness (QED) is 0.260. The van der Waals surface area contributed by atoms with E-state index in [2.05, 4.69) is 0 Å². The summed E-state index contributed by atoms with van der Waals surface area (Å²) in [5, 5.41) is 0.163. The van der Waals surface area contributed by atoms with Crippen LogP contribution in [0.25, 0.3) is 6.08 Å². The molecule has 0 N–H and O–H groups in total. The number of hydrogen-bond donors (Lipinski definition) is 0. The lowest BCUT2D eigenvalue weighted by molar-refractivity contribution is -0.123. The lowest BCUT2D eigenvalue weighted by Gasteiger charge is -2.13. The predicted molar refractivity (Wildman–Crippen MR) is 126 cm³/mol. The Bertz CT molecular complexity index is 1240. The third-order valence-electron chi connectivity index (χ3n) is 4.80. The molecule has 2 amide bonds. The minimum Gasteiger partial charge on any atom is -0.423 e. The molecular weight excluding hydrogens is 446 g/mol. The van der Waals surface area contributed by atoms with Gasteiger partial charge in [0.25, 0.3) is 11.1 Å². The number of imide groups is 1. The second-order valence-corrected chi connectivity index (χ2v) is 8.59. The zero-order valence-electron chi connectivity index (χ0n) is 17.1. The summed E-state index contributed by atoms with van der Waals surface area (Å²) in [6.45, 7) is 2.03. The maximum absolute atomic E-state index is 12.7. The second kappa shape index (κ2) is 9.42. The van der Waals surface area contributed by atoms with Crippen molar-refractivity contribution in [3.8, 4) is 5.75 Å². The maximum Gasteiger partial charge on any atom is 0.343 e. The van der Waals surface area contributed by atoms with Crippen LogP contribution in [-0.2, 0) is 11.3 Å². The highest BCUT2D eigenvalue weighted by molar-refractivity contribution is 8.18. The molecule has 0 aromatic heterocycles. The first-order chi connectivity index (χ1) is 15.4. The maximum atomic E-state index is 12.7. The Balaban J connectivity index is 1.45. The van der Waals surface area contributed by atoms with Crippen molar-refractivity contribution in [1.29, 1.82) is 0 Å². The molecule has 3 aromatic rings. The molecule has 1 aliphatic heterocycles. The number of nitrogens with zero attached hydrogens (tertiary/aromatic N) is 1. The monoisotopic (exact) mass is 463 g/mol. The fourth-order valence-corrected chi connectivity index (χ4v) is 4.19. The number of carbonyl (C=O) groups excluding carboxylic acids is 3. The molecule has 1 saturated heterocycles. The van der Waals surface area contributed by atoms with Gasteiger partial charge in [0.15, 0.2) is 0 Å². The molecule has 0 radical (unpaired) electrons. The Morgan fingerprint density at radius 1 is 1.03 bits per heavy atom. The van der Waals surface area contributed by atoms with Crippen molar-refractivity contribution < 1.29 is 19.1 Å². The van der Waals surface area contributed by atoms with Crippen LogP contribution in [0.3, 0.4) is 0 Å². The van der Waals surface area contributed by atoms with Crippen molar-refractivity contribution in [2.45, 2.75) is 13.5 Å². The van der Waals surface area contributed by atoms with Gasteiger partial charge in [0, 0.05) is 5.02 Å². The van der Waals surface area contributed by atoms with E-state index in [1.165, 1.54) is 4.90 Å². The van der Waals surface area contributed by atoms with Gasteiger partial charge in [-0.15, -0.1) is 0 Å². The van der Waals surface area contributed by atoms with Gasteiger partial charge >= 0.3 is 5.97 Å². The van der Waals surface area contributed by atoms with Crippen LogP contribution in [0.1, 0.15) is 27.0 Å².